The van der Waals surface area contributed by atoms with Crippen LogP contribution in [0.25, 0.3) is 0 Å². The zero-order valence-electron chi connectivity index (χ0n) is 20.6. The molecule has 3 aromatic rings. The molecule has 0 saturated carbocycles. The van der Waals surface area contributed by atoms with Crippen LogP contribution in [0.3, 0.4) is 0 Å². The fourth-order valence-electron chi connectivity index (χ4n) is 4.19. The number of nitrogens with two attached hydrogens (primary N) is 1. The second-order valence-corrected chi connectivity index (χ2v) is 10.8. The van der Waals surface area contributed by atoms with Crippen molar-refractivity contribution in [3.05, 3.63) is 76.7 Å². The van der Waals surface area contributed by atoms with E-state index in [0.717, 1.165) is 16.2 Å². The van der Waals surface area contributed by atoms with Crippen molar-refractivity contribution in [1.29, 1.82) is 0 Å². The number of phenolic OH excluding ortho intramolecular Hbond substituents is 2. The van der Waals surface area contributed by atoms with Crippen LogP contribution in [0.1, 0.15) is 11.3 Å². The van der Waals surface area contributed by atoms with Gasteiger partial charge in [0.25, 0.3) is 11.8 Å². The molecule has 206 valence electrons. The van der Waals surface area contributed by atoms with E-state index in [4.69, 9.17) is 10.6 Å². The number of carboxylic acid groups (broad SMARTS) is 1. The zero-order valence-corrected chi connectivity index (χ0v) is 22.2. The van der Waals surface area contributed by atoms with Crippen LogP contribution in [0.4, 0.5) is 5.13 Å². The first-order valence-corrected chi connectivity index (χ1v) is 13.7. The molecule has 4 heterocycles. The molecule has 2 aromatic heterocycles. The van der Waals surface area contributed by atoms with Crippen LogP contribution in [-0.4, -0.2) is 60.8 Å². The molecule has 40 heavy (non-hydrogen) atoms. The summed E-state index contributed by atoms with van der Waals surface area (Å²) in [5.41, 5.74) is 6.37. The van der Waals surface area contributed by atoms with Gasteiger partial charge in [-0.2, -0.15) is 0 Å². The van der Waals surface area contributed by atoms with Gasteiger partial charge in [0.2, 0.25) is 0 Å². The number of nitrogens with zero attached hydrogens (tertiary/aromatic N) is 4. The molecule has 5 rings (SSSR count). The Labute approximate surface area is 235 Å². The lowest BCUT2D eigenvalue weighted by Gasteiger charge is -2.50. The fourth-order valence-corrected chi connectivity index (χ4v) is 6.08. The number of nitrogen functional groups attached to an aromatic ring is 1. The maximum atomic E-state index is 13.2. The van der Waals surface area contributed by atoms with E-state index < -0.39 is 29.2 Å². The number of anilines is 1. The number of thiazole rings is 1. The molecule has 1 fully saturated rings. The zero-order chi connectivity index (χ0) is 28.4. The highest BCUT2D eigenvalue weighted by atomic mass is 32.2. The van der Waals surface area contributed by atoms with Crippen molar-refractivity contribution in [1.82, 2.24) is 15.2 Å². The van der Waals surface area contributed by atoms with E-state index in [0.29, 0.717) is 16.9 Å². The van der Waals surface area contributed by atoms with Crippen molar-refractivity contribution in [3.8, 4) is 11.5 Å². The number of hydrogen-bond acceptors (Lipinski definition) is 12. The highest BCUT2D eigenvalue weighted by molar-refractivity contribution is 8.00. The highest BCUT2D eigenvalue weighted by Crippen LogP contribution is 2.40. The van der Waals surface area contributed by atoms with Crippen LogP contribution in [-0.2, 0) is 32.4 Å². The predicted octanol–water partition coefficient (Wildman–Crippen LogP) is -0.551. The van der Waals surface area contributed by atoms with Gasteiger partial charge < -0.3 is 36.0 Å². The van der Waals surface area contributed by atoms with Gasteiger partial charge in [-0.25, -0.2) is 9.55 Å². The lowest BCUT2D eigenvalue weighted by Crippen LogP contribution is -2.71. The Hall–Kier alpha value is -4.63. The first-order valence-electron chi connectivity index (χ1n) is 11.8. The number of hydrogen-bond donors (Lipinski definition) is 4. The number of carbonyl (C=O) groups is 3. The fraction of sp³-hybridized carbons (Fsp3) is 0.200. The molecule has 2 amide bonds. The molecule has 2 aliphatic heterocycles. The summed E-state index contributed by atoms with van der Waals surface area (Å²) in [7, 11) is 0. The summed E-state index contributed by atoms with van der Waals surface area (Å²) in [5.74, 6) is -3.17. The van der Waals surface area contributed by atoms with E-state index in [2.05, 4.69) is 15.5 Å². The van der Waals surface area contributed by atoms with Crippen molar-refractivity contribution in [2.24, 2.45) is 5.16 Å². The number of fused-ring (bicyclic) bond motifs is 1. The van der Waals surface area contributed by atoms with Crippen LogP contribution in [0.15, 0.2) is 70.6 Å². The van der Waals surface area contributed by atoms with Crippen molar-refractivity contribution in [2.45, 2.75) is 24.6 Å². The summed E-state index contributed by atoms with van der Waals surface area (Å²) in [6, 6.07) is 8.50. The number of carbonyl (C=O) groups excluding carboxylic acids is 3. The summed E-state index contributed by atoms with van der Waals surface area (Å²) >= 11 is 2.40. The van der Waals surface area contributed by atoms with Gasteiger partial charge in [-0.15, -0.1) is 23.1 Å². The van der Waals surface area contributed by atoms with Gasteiger partial charge in [0.15, 0.2) is 41.3 Å². The number of phenols is 2. The number of aliphatic carboxylic acids is 1. The monoisotopic (exact) mass is 582 g/mol. The molecule has 1 unspecified atom stereocenters. The summed E-state index contributed by atoms with van der Waals surface area (Å²) in [6.45, 7) is 0.115. The number of pyridine rings is 1. The number of thioether (sulfide) groups is 1. The molecular formula is C25H22N6O7S2. The Morgan fingerprint density at radius 1 is 1.25 bits per heavy atom. The minimum atomic E-state index is -1.47. The molecule has 0 spiro atoms. The van der Waals surface area contributed by atoms with Crippen LogP contribution >= 0.6 is 23.1 Å². The number of rotatable bonds is 9. The number of aromatic hydroxyl groups is 2. The van der Waals surface area contributed by atoms with E-state index in [9.17, 15) is 29.7 Å². The topological polar surface area (TPSA) is 194 Å². The van der Waals surface area contributed by atoms with Crippen LogP contribution in [0.2, 0.25) is 0 Å². The SMILES string of the molecule is Nc1nc(C(=NOCc2ccc(O)c(O)c2)C(=O)NC2C(=O)N3C(C(=O)[O-])=C(C[n+]4ccccc4)CS[C@@H]23)cs1. The third kappa shape index (κ3) is 5.41. The van der Waals surface area contributed by atoms with E-state index in [1.165, 1.54) is 35.3 Å². The summed E-state index contributed by atoms with van der Waals surface area (Å²) < 4.78 is 1.80. The summed E-state index contributed by atoms with van der Waals surface area (Å²) in [4.78, 5) is 48.9. The molecular weight excluding hydrogens is 560 g/mol. The van der Waals surface area contributed by atoms with Gasteiger partial charge in [-0.3, -0.25) is 14.5 Å². The minimum absolute atomic E-state index is 0.117. The number of amides is 2. The standard InChI is InChI=1S/C25H22N6O7S2/c26-25-27-15(12-40-25)18(29-38-10-13-4-5-16(32)17(33)8-13)21(34)28-19-22(35)31-20(24(36)37)14(11-39-23(19)31)9-30-6-2-1-3-7-30/h1-8,12,19,23H,9-11H2,(H5-,26,27,28,29,32,33,34,36,37)/t19?,23-/m0/s1. The molecule has 0 aliphatic carbocycles. The van der Waals surface area contributed by atoms with E-state index in [1.807, 2.05) is 18.2 Å². The highest BCUT2D eigenvalue weighted by Gasteiger charge is 2.53. The summed E-state index contributed by atoms with van der Waals surface area (Å²) in [5, 5.41) is 38.7. The van der Waals surface area contributed by atoms with Crippen molar-refractivity contribution >= 4 is 51.7 Å². The normalized spacial score (nSPS) is 18.6. The number of oxime groups is 1. The molecule has 1 saturated heterocycles. The van der Waals surface area contributed by atoms with E-state index >= 15 is 0 Å². The number of nitrogens with one attached hydrogen (secondary N) is 1. The average molecular weight is 583 g/mol. The Balaban J connectivity index is 1.32. The first-order chi connectivity index (χ1) is 19.2. The molecule has 2 atom stereocenters. The van der Waals surface area contributed by atoms with E-state index in [1.54, 1.807) is 17.0 Å². The van der Waals surface area contributed by atoms with Crippen LogP contribution in [0, 0.1) is 0 Å². The Morgan fingerprint density at radius 3 is 2.70 bits per heavy atom. The lowest BCUT2D eigenvalue weighted by atomic mass is 10.0. The van der Waals surface area contributed by atoms with Crippen molar-refractivity contribution in [2.75, 3.05) is 11.5 Å². The number of β-lactam (4-membered cyclic amide) rings is 1. The minimum Gasteiger partial charge on any atom is -0.543 e. The molecule has 5 N–H and O–H groups in total. The molecule has 15 heteroatoms. The number of benzene rings is 1. The maximum absolute atomic E-state index is 13.2. The van der Waals surface area contributed by atoms with E-state index in [-0.39, 0.29) is 46.9 Å². The third-order valence-electron chi connectivity index (χ3n) is 6.08. The van der Waals surface area contributed by atoms with Gasteiger partial charge in [0.05, 0.1) is 11.7 Å². The lowest BCUT2D eigenvalue weighted by molar-refractivity contribution is -0.689. The molecule has 2 aliphatic rings. The second-order valence-electron chi connectivity index (χ2n) is 8.76. The quantitative estimate of drug-likeness (QED) is 0.0836. The van der Waals surface area contributed by atoms with Gasteiger partial charge in [-0.05, 0) is 17.7 Å². The molecule has 1 aromatic carbocycles. The van der Waals surface area contributed by atoms with Gasteiger partial charge >= 0.3 is 0 Å². The third-order valence-corrected chi connectivity index (χ3v) is 8.10. The first kappa shape index (κ1) is 27.0. The number of aromatic nitrogens is 2. The summed E-state index contributed by atoms with van der Waals surface area (Å²) in [6.07, 6.45) is 3.58. The predicted molar refractivity (Wildman–Crippen MR) is 141 cm³/mol. The Morgan fingerprint density at radius 2 is 2.02 bits per heavy atom. The maximum Gasteiger partial charge on any atom is 0.276 e. The van der Waals surface area contributed by atoms with Gasteiger partial charge in [0.1, 0.15) is 23.7 Å². The molecule has 13 nitrogen and oxygen atoms in total. The Bertz CT molecular complexity index is 1540. The van der Waals surface area contributed by atoms with Crippen LogP contribution in [0.5, 0.6) is 11.5 Å². The molecule has 0 radical (unpaired) electrons. The van der Waals surface area contributed by atoms with Gasteiger partial charge in [0, 0.05) is 28.8 Å². The average Bonchev–Trinajstić information content (AvgIpc) is 3.37. The van der Waals surface area contributed by atoms with Gasteiger partial charge in [-0.1, -0.05) is 17.3 Å². The second kappa shape index (κ2) is 11.2. The van der Waals surface area contributed by atoms with Crippen molar-refractivity contribution < 1.29 is 39.1 Å². The largest absolute Gasteiger partial charge is 0.543 e. The van der Waals surface area contributed by atoms with Crippen LogP contribution < -0.4 is 20.7 Å². The smallest absolute Gasteiger partial charge is 0.276 e. The molecule has 0 bridgehead atoms. The number of carboxylic acids is 1. The Kier molecular flexibility index (Phi) is 7.57. The van der Waals surface area contributed by atoms with Crippen molar-refractivity contribution in [3.63, 3.8) is 0 Å².